The maximum atomic E-state index is 5.22. The van der Waals surface area contributed by atoms with Crippen molar-refractivity contribution < 1.29 is 0 Å². The summed E-state index contributed by atoms with van der Waals surface area (Å²) < 4.78 is 2.11. The Kier molecular flexibility index (Phi) is 4.87. The molecule has 2 aromatic rings. The van der Waals surface area contributed by atoms with E-state index in [1.165, 1.54) is 5.56 Å². The van der Waals surface area contributed by atoms with E-state index in [9.17, 15) is 0 Å². The predicted octanol–water partition coefficient (Wildman–Crippen LogP) is 2.78. The van der Waals surface area contributed by atoms with Gasteiger partial charge in [0.2, 0.25) is 0 Å². The molecule has 0 amide bonds. The lowest BCUT2D eigenvalue weighted by Crippen LogP contribution is -2.29. The Labute approximate surface area is 122 Å². The molecule has 1 N–H and O–H groups in total. The molecule has 0 atom stereocenters. The fourth-order valence-corrected chi connectivity index (χ4v) is 2.77. The second kappa shape index (κ2) is 6.63. The molecule has 1 aromatic carbocycles. The highest BCUT2D eigenvalue weighted by Crippen LogP contribution is 2.01. The Hall–Kier alpha value is -1.46. The molecule has 19 heavy (non-hydrogen) atoms. The molecule has 0 bridgehead atoms. The number of hydrogen-bond donors (Lipinski definition) is 1. The number of rotatable bonds is 3. The monoisotopic (exact) mass is 291 g/mol. The van der Waals surface area contributed by atoms with Crippen LogP contribution in [0.2, 0.25) is 0 Å². The normalized spacial score (nSPS) is 11.8. The summed E-state index contributed by atoms with van der Waals surface area (Å²) in [6.07, 6.45) is 2.04. The zero-order valence-corrected chi connectivity index (χ0v) is 12.7. The minimum Gasteiger partial charge on any atom is -0.359 e. The summed E-state index contributed by atoms with van der Waals surface area (Å²) in [7, 11) is 0. The van der Waals surface area contributed by atoms with E-state index < -0.39 is 0 Å². The second-order valence-electron chi connectivity index (χ2n) is 4.52. The van der Waals surface area contributed by atoms with Crippen molar-refractivity contribution in [1.82, 2.24) is 9.88 Å². The van der Waals surface area contributed by atoms with Crippen LogP contribution >= 0.6 is 23.6 Å². The zero-order valence-electron chi connectivity index (χ0n) is 11.0. The molecule has 0 saturated heterocycles. The molecule has 5 heteroatoms. The van der Waals surface area contributed by atoms with Crippen LogP contribution in [0.25, 0.3) is 0 Å². The van der Waals surface area contributed by atoms with Crippen LogP contribution in [0.4, 0.5) is 0 Å². The molecule has 0 unspecified atom stereocenters. The first kappa shape index (κ1) is 14.0. The van der Waals surface area contributed by atoms with E-state index >= 15 is 0 Å². The summed E-state index contributed by atoms with van der Waals surface area (Å²) in [4.78, 5) is 5.38. The average molecular weight is 291 g/mol. The quantitative estimate of drug-likeness (QED) is 0.881. The van der Waals surface area contributed by atoms with Crippen molar-refractivity contribution in [2.24, 2.45) is 4.99 Å². The maximum absolute atomic E-state index is 5.22. The SMILES string of the molecule is CC(C)NC(=S)N=c1sccn1Cc1ccccc1. The highest BCUT2D eigenvalue weighted by molar-refractivity contribution is 7.80. The number of aromatic nitrogens is 1. The van der Waals surface area contributed by atoms with Crippen molar-refractivity contribution in [3.63, 3.8) is 0 Å². The van der Waals surface area contributed by atoms with Gasteiger partial charge in [0.25, 0.3) is 0 Å². The van der Waals surface area contributed by atoms with Gasteiger partial charge in [0, 0.05) is 24.2 Å². The summed E-state index contributed by atoms with van der Waals surface area (Å²) in [5.74, 6) is 0. The standard InChI is InChI=1S/C14H17N3S2/c1-11(2)15-13(18)16-14-17(8-9-19-14)10-12-6-4-3-5-7-12/h3-9,11H,10H2,1-2H3,(H,15,18). The van der Waals surface area contributed by atoms with Gasteiger partial charge in [-0.1, -0.05) is 30.3 Å². The highest BCUT2D eigenvalue weighted by Gasteiger charge is 2.00. The van der Waals surface area contributed by atoms with Gasteiger partial charge >= 0.3 is 0 Å². The maximum Gasteiger partial charge on any atom is 0.195 e. The van der Waals surface area contributed by atoms with E-state index in [2.05, 4.69) is 27.0 Å². The van der Waals surface area contributed by atoms with Crippen molar-refractivity contribution in [3.05, 3.63) is 52.3 Å². The summed E-state index contributed by atoms with van der Waals surface area (Å²) in [5, 5.41) is 5.70. The topological polar surface area (TPSA) is 29.3 Å². The first-order valence-corrected chi connectivity index (χ1v) is 7.47. The zero-order chi connectivity index (χ0) is 13.7. The van der Waals surface area contributed by atoms with Crippen LogP contribution in [0.15, 0.2) is 46.9 Å². The Bertz CT molecular complexity index is 596. The van der Waals surface area contributed by atoms with E-state index in [1.54, 1.807) is 11.3 Å². The third-order valence-electron chi connectivity index (χ3n) is 2.47. The van der Waals surface area contributed by atoms with E-state index in [0.717, 1.165) is 11.3 Å². The highest BCUT2D eigenvalue weighted by atomic mass is 32.1. The Morgan fingerprint density at radius 3 is 2.79 bits per heavy atom. The average Bonchev–Trinajstić information content (AvgIpc) is 2.77. The largest absolute Gasteiger partial charge is 0.359 e. The van der Waals surface area contributed by atoms with Crippen molar-refractivity contribution >= 4 is 28.7 Å². The van der Waals surface area contributed by atoms with Crippen molar-refractivity contribution in [2.75, 3.05) is 0 Å². The number of benzene rings is 1. The van der Waals surface area contributed by atoms with Gasteiger partial charge in [-0.3, -0.25) is 0 Å². The Balaban J connectivity index is 2.18. The molecule has 100 valence electrons. The Morgan fingerprint density at radius 1 is 1.37 bits per heavy atom. The van der Waals surface area contributed by atoms with Gasteiger partial charge < -0.3 is 9.88 Å². The number of hydrogen-bond acceptors (Lipinski definition) is 2. The lowest BCUT2D eigenvalue weighted by Gasteiger charge is -2.07. The Morgan fingerprint density at radius 2 is 2.11 bits per heavy atom. The molecule has 0 fully saturated rings. The number of thiazole rings is 1. The molecule has 0 saturated carbocycles. The fourth-order valence-electron chi connectivity index (χ4n) is 1.65. The van der Waals surface area contributed by atoms with Gasteiger partial charge in [-0.2, -0.15) is 4.99 Å². The number of nitrogens with one attached hydrogen (secondary N) is 1. The number of nitrogens with zero attached hydrogens (tertiary/aromatic N) is 2. The van der Waals surface area contributed by atoms with Gasteiger partial charge in [-0.15, -0.1) is 11.3 Å². The van der Waals surface area contributed by atoms with Gasteiger partial charge in [0.15, 0.2) is 9.91 Å². The molecule has 0 aliphatic heterocycles. The van der Waals surface area contributed by atoms with Crippen molar-refractivity contribution in [3.8, 4) is 0 Å². The second-order valence-corrected chi connectivity index (χ2v) is 5.77. The van der Waals surface area contributed by atoms with Crippen molar-refractivity contribution in [2.45, 2.75) is 26.4 Å². The first-order valence-electron chi connectivity index (χ1n) is 6.18. The molecule has 2 rings (SSSR count). The number of thiocarbonyl (C=S) groups is 1. The van der Waals surface area contributed by atoms with E-state index in [4.69, 9.17) is 12.2 Å². The summed E-state index contributed by atoms with van der Waals surface area (Å²) in [5.41, 5.74) is 1.25. The molecule has 3 nitrogen and oxygen atoms in total. The molecule has 0 aliphatic rings. The van der Waals surface area contributed by atoms with Crippen LogP contribution in [0, 0.1) is 0 Å². The minimum atomic E-state index is 0.304. The third kappa shape index (κ3) is 4.29. The lowest BCUT2D eigenvalue weighted by molar-refractivity contribution is 0.728. The summed E-state index contributed by atoms with van der Waals surface area (Å²) in [6, 6.07) is 10.6. The fraction of sp³-hybridized carbons (Fsp3) is 0.286. The summed E-state index contributed by atoms with van der Waals surface area (Å²) in [6.45, 7) is 4.91. The molecular formula is C14H17N3S2. The van der Waals surface area contributed by atoms with Crippen LogP contribution in [0.3, 0.4) is 0 Å². The van der Waals surface area contributed by atoms with Crippen LogP contribution in [0.1, 0.15) is 19.4 Å². The molecule has 1 heterocycles. The molecule has 1 aromatic heterocycles. The first-order chi connectivity index (χ1) is 9.15. The van der Waals surface area contributed by atoms with Gasteiger partial charge in [0.05, 0.1) is 0 Å². The lowest BCUT2D eigenvalue weighted by atomic mass is 10.2. The molecular weight excluding hydrogens is 274 g/mol. The summed E-state index contributed by atoms with van der Waals surface area (Å²) >= 11 is 6.81. The molecule has 0 aliphatic carbocycles. The minimum absolute atomic E-state index is 0.304. The van der Waals surface area contributed by atoms with Crippen LogP contribution in [-0.2, 0) is 6.54 Å². The van der Waals surface area contributed by atoms with Gasteiger partial charge in [-0.05, 0) is 31.6 Å². The van der Waals surface area contributed by atoms with Crippen LogP contribution in [-0.4, -0.2) is 15.7 Å². The van der Waals surface area contributed by atoms with Crippen LogP contribution < -0.4 is 10.1 Å². The third-order valence-corrected chi connectivity index (χ3v) is 3.47. The van der Waals surface area contributed by atoms with Crippen molar-refractivity contribution in [1.29, 1.82) is 0 Å². The predicted molar refractivity (Wildman–Crippen MR) is 84.3 cm³/mol. The molecule has 0 radical (unpaired) electrons. The van der Waals surface area contributed by atoms with Gasteiger partial charge in [0.1, 0.15) is 0 Å². The smallest absolute Gasteiger partial charge is 0.195 e. The van der Waals surface area contributed by atoms with E-state index in [0.29, 0.717) is 11.2 Å². The molecule has 0 spiro atoms. The van der Waals surface area contributed by atoms with E-state index in [-0.39, 0.29) is 0 Å². The van der Waals surface area contributed by atoms with Gasteiger partial charge in [-0.25, -0.2) is 0 Å². The van der Waals surface area contributed by atoms with E-state index in [1.807, 2.05) is 43.6 Å². The van der Waals surface area contributed by atoms with Crippen LogP contribution in [0.5, 0.6) is 0 Å².